The highest BCUT2D eigenvalue weighted by Gasteiger charge is 2.15. The van der Waals surface area contributed by atoms with Gasteiger partial charge in [0.1, 0.15) is 0 Å². The molecule has 1 radical (unpaired) electrons. The molecule has 0 bridgehead atoms. The average Bonchev–Trinajstić information content (AvgIpc) is 2.64. The van der Waals surface area contributed by atoms with Crippen LogP contribution in [0.5, 0.6) is 0 Å². The molecule has 2 N–H and O–H groups in total. The van der Waals surface area contributed by atoms with Crippen LogP contribution >= 0.6 is 0 Å². The van der Waals surface area contributed by atoms with Crippen molar-refractivity contribution in [2.24, 2.45) is 17.6 Å². The van der Waals surface area contributed by atoms with Gasteiger partial charge < -0.3 is 10.6 Å². The van der Waals surface area contributed by atoms with Crippen LogP contribution in [-0.4, -0.2) is 19.0 Å². The maximum absolute atomic E-state index is 11.3. The Morgan fingerprint density at radius 3 is 2.38 bits per heavy atom. The minimum Gasteiger partial charge on any atom is -0.371 e. The first kappa shape index (κ1) is 20.8. The second-order valence-electron chi connectivity index (χ2n) is 8.43. The van der Waals surface area contributed by atoms with Gasteiger partial charge in [-0.3, -0.25) is 4.79 Å². The molecule has 26 heavy (non-hydrogen) atoms. The highest BCUT2D eigenvalue weighted by atomic mass is 16.1. The van der Waals surface area contributed by atoms with E-state index in [2.05, 4.69) is 43.0 Å². The number of primary amides is 1. The molecule has 3 nitrogen and oxygen atoms in total. The number of carbonyl (C=O) groups is 1. The summed E-state index contributed by atoms with van der Waals surface area (Å²) < 4.78 is 0. The molecule has 0 aromatic heterocycles. The molecule has 0 heterocycles. The molecular formula is C23H37N2O. The molecule has 1 aliphatic carbocycles. The molecule has 0 spiro atoms. The molecular weight excluding hydrogens is 320 g/mol. The fourth-order valence-electron chi connectivity index (χ4n) is 3.89. The number of nitrogens with zero attached hydrogens (tertiary/aromatic N) is 1. The van der Waals surface area contributed by atoms with Crippen molar-refractivity contribution in [3.8, 4) is 0 Å². The normalized spacial score (nSPS) is 16.6. The summed E-state index contributed by atoms with van der Waals surface area (Å²) in [5.41, 5.74) is 8.10. The van der Waals surface area contributed by atoms with Gasteiger partial charge in [0, 0.05) is 24.7 Å². The zero-order valence-electron chi connectivity index (χ0n) is 17.0. The van der Waals surface area contributed by atoms with Crippen molar-refractivity contribution in [2.75, 3.05) is 18.0 Å². The molecule has 0 saturated heterocycles. The molecule has 2 rings (SSSR count). The lowest BCUT2D eigenvalue weighted by atomic mass is 9.85. The van der Waals surface area contributed by atoms with E-state index < -0.39 is 0 Å². The van der Waals surface area contributed by atoms with E-state index in [1.165, 1.54) is 62.1 Å². The van der Waals surface area contributed by atoms with Crippen molar-refractivity contribution in [1.29, 1.82) is 0 Å². The number of aryl methyl sites for hydroxylation is 1. The number of carbonyl (C=O) groups excluding carboxylic acids is 1. The molecule has 1 amide bonds. The van der Waals surface area contributed by atoms with Gasteiger partial charge in [-0.2, -0.15) is 0 Å². The average molecular weight is 358 g/mol. The van der Waals surface area contributed by atoms with E-state index in [0.717, 1.165) is 25.4 Å². The van der Waals surface area contributed by atoms with Gasteiger partial charge in [0.05, 0.1) is 0 Å². The first-order chi connectivity index (χ1) is 12.5. The number of benzene rings is 1. The van der Waals surface area contributed by atoms with Gasteiger partial charge in [0.15, 0.2) is 0 Å². The van der Waals surface area contributed by atoms with E-state index in [-0.39, 0.29) is 11.8 Å². The fourth-order valence-corrected chi connectivity index (χ4v) is 3.89. The Kier molecular flexibility index (Phi) is 8.47. The van der Waals surface area contributed by atoms with Crippen LogP contribution < -0.4 is 10.6 Å². The zero-order valence-corrected chi connectivity index (χ0v) is 17.0. The first-order valence-electron chi connectivity index (χ1n) is 10.4. The standard InChI is InChI=1S/C23H37N2O/c1-18(2)17-25(16-15-19(3)23(24)26)22-13-11-21(12-14-22)10-9-20-7-5-4-6-8-20/h11-14,19-20H,4-10,15-17H2,1-3H3,(H2,24,26). The van der Waals surface area contributed by atoms with Gasteiger partial charge in [-0.1, -0.05) is 65.0 Å². The summed E-state index contributed by atoms with van der Waals surface area (Å²) >= 11 is 0. The Morgan fingerprint density at radius 1 is 1.15 bits per heavy atom. The van der Waals surface area contributed by atoms with Crippen LogP contribution in [0.15, 0.2) is 24.3 Å². The van der Waals surface area contributed by atoms with Crippen LogP contribution in [0.25, 0.3) is 0 Å². The third-order valence-electron chi connectivity index (χ3n) is 5.69. The predicted octanol–water partition coefficient (Wildman–Crippen LogP) is 5.13. The highest BCUT2D eigenvalue weighted by Crippen LogP contribution is 2.28. The van der Waals surface area contributed by atoms with Gasteiger partial charge in [-0.25, -0.2) is 0 Å². The van der Waals surface area contributed by atoms with Crippen molar-refractivity contribution >= 4 is 11.6 Å². The SMILES string of the molecule is C[C](C)CN(CCC(C)C(N)=O)c1ccc(CCC2CCCCC2)cc1. The van der Waals surface area contributed by atoms with E-state index >= 15 is 0 Å². The van der Waals surface area contributed by atoms with Crippen molar-refractivity contribution in [3.05, 3.63) is 35.7 Å². The van der Waals surface area contributed by atoms with E-state index in [4.69, 9.17) is 5.73 Å². The van der Waals surface area contributed by atoms with E-state index in [9.17, 15) is 4.79 Å². The Morgan fingerprint density at radius 2 is 1.81 bits per heavy atom. The summed E-state index contributed by atoms with van der Waals surface area (Å²) in [6.45, 7) is 8.01. The number of nitrogens with two attached hydrogens (primary N) is 1. The van der Waals surface area contributed by atoms with Crippen molar-refractivity contribution < 1.29 is 4.79 Å². The summed E-state index contributed by atoms with van der Waals surface area (Å²) in [6, 6.07) is 9.06. The summed E-state index contributed by atoms with van der Waals surface area (Å²) in [4.78, 5) is 13.7. The Hall–Kier alpha value is -1.51. The van der Waals surface area contributed by atoms with Crippen LogP contribution in [0.4, 0.5) is 5.69 Å². The highest BCUT2D eigenvalue weighted by molar-refractivity contribution is 5.76. The number of anilines is 1. The second kappa shape index (κ2) is 10.6. The van der Waals surface area contributed by atoms with Gasteiger partial charge >= 0.3 is 0 Å². The van der Waals surface area contributed by atoms with Crippen LogP contribution in [0, 0.1) is 17.8 Å². The zero-order chi connectivity index (χ0) is 18.9. The molecule has 1 fully saturated rings. The van der Waals surface area contributed by atoms with Crippen molar-refractivity contribution in [1.82, 2.24) is 0 Å². The van der Waals surface area contributed by atoms with Gasteiger partial charge in [-0.05, 0) is 48.8 Å². The van der Waals surface area contributed by atoms with Gasteiger partial charge in [0.25, 0.3) is 0 Å². The Balaban J connectivity index is 1.91. The lowest BCUT2D eigenvalue weighted by Crippen LogP contribution is -2.31. The lowest BCUT2D eigenvalue weighted by molar-refractivity contribution is -0.121. The first-order valence-corrected chi connectivity index (χ1v) is 10.4. The summed E-state index contributed by atoms with van der Waals surface area (Å²) in [5.74, 6) is 2.02. The quantitative estimate of drug-likeness (QED) is 0.631. The molecule has 1 unspecified atom stereocenters. The molecule has 1 aromatic carbocycles. The van der Waals surface area contributed by atoms with E-state index in [0.29, 0.717) is 0 Å². The molecule has 1 aromatic rings. The Bertz CT molecular complexity index is 532. The number of hydrogen-bond donors (Lipinski definition) is 1. The summed E-state index contributed by atoms with van der Waals surface area (Å²) in [6.07, 6.45) is 10.5. The maximum atomic E-state index is 11.3. The molecule has 145 valence electrons. The van der Waals surface area contributed by atoms with Crippen LogP contribution in [0.3, 0.4) is 0 Å². The van der Waals surface area contributed by atoms with Crippen molar-refractivity contribution in [3.63, 3.8) is 0 Å². The van der Waals surface area contributed by atoms with Gasteiger partial charge in [0.2, 0.25) is 5.91 Å². The van der Waals surface area contributed by atoms with Crippen molar-refractivity contribution in [2.45, 2.75) is 72.1 Å². The minimum atomic E-state index is -0.208. The second-order valence-corrected chi connectivity index (χ2v) is 8.43. The van der Waals surface area contributed by atoms with Crippen LogP contribution in [0.2, 0.25) is 0 Å². The molecule has 3 heteroatoms. The third-order valence-corrected chi connectivity index (χ3v) is 5.69. The van der Waals surface area contributed by atoms with Crippen LogP contribution in [-0.2, 0) is 11.2 Å². The van der Waals surface area contributed by atoms with E-state index in [1.807, 2.05) is 6.92 Å². The number of amides is 1. The van der Waals surface area contributed by atoms with Crippen LogP contribution in [0.1, 0.15) is 71.3 Å². The van der Waals surface area contributed by atoms with Gasteiger partial charge in [-0.15, -0.1) is 0 Å². The number of hydrogen-bond acceptors (Lipinski definition) is 2. The lowest BCUT2D eigenvalue weighted by Gasteiger charge is -2.28. The largest absolute Gasteiger partial charge is 0.371 e. The maximum Gasteiger partial charge on any atom is 0.220 e. The summed E-state index contributed by atoms with van der Waals surface area (Å²) in [5, 5.41) is 0. The summed E-state index contributed by atoms with van der Waals surface area (Å²) in [7, 11) is 0. The molecule has 0 aliphatic heterocycles. The molecule has 1 aliphatic rings. The smallest absolute Gasteiger partial charge is 0.220 e. The monoisotopic (exact) mass is 357 g/mol. The molecule has 1 saturated carbocycles. The third kappa shape index (κ3) is 7.01. The van der Waals surface area contributed by atoms with E-state index in [1.54, 1.807) is 0 Å². The number of rotatable bonds is 10. The molecule has 1 atom stereocenters. The fraction of sp³-hybridized carbons (Fsp3) is 0.652. The minimum absolute atomic E-state index is 0.0792. The topological polar surface area (TPSA) is 46.3 Å². The Labute approximate surface area is 160 Å². The predicted molar refractivity (Wildman–Crippen MR) is 111 cm³/mol.